The molecule has 0 aliphatic rings. The van der Waals surface area contributed by atoms with Gasteiger partial charge in [0.1, 0.15) is 19.3 Å². The van der Waals surface area contributed by atoms with Crippen LogP contribution in [0.4, 0.5) is 0 Å². The van der Waals surface area contributed by atoms with Gasteiger partial charge in [-0.2, -0.15) is 0 Å². The first-order valence-corrected chi connectivity index (χ1v) is 42.4. The maximum Gasteiger partial charge on any atom is 0.472 e. The Balaban J connectivity index is 5.40. The van der Waals surface area contributed by atoms with E-state index in [-0.39, 0.29) is 25.7 Å². The molecule has 0 saturated heterocycles. The molecule has 5 atom stereocenters. The lowest BCUT2D eigenvalue weighted by atomic mass is 10.1. The predicted molar refractivity (Wildman–Crippen MR) is 418 cm³/mol. The summed E-state index contributed by atoms with van der Waals surface area (Å²) in [6.07, 6.45) is 82.9. The van der Waals surface area contributed by atoms with E-state index in [1.807, 2.05) is 0 Å². The van der Waals surface area contributed by atoms with Crippen LogP contribution in [0.5, 0.6) is 0 Å². The summed E-state index contributed by atoms with van der Waals surface area (Å²) in [4.78, 5) is 73.0. The van der Waals surface area contributed by atoms with Gasteiger partial charge in [-0.05, 0) is 154 Å². The zero-order valence-electron chi connectivity index (χ0n) is 63.7. The Labute approximate surface area is 618 Å². The van der Waals surface area contributed by atoms with E-state index < -0.39 is 97.5 Å². The highest BCUT2D eigenvalue weighted by Crippen LogP contribution is 2.45. The summed E-state index contributed by atoms with van der Waals surface area (Å²) in [6, 6.07) is 0. The number of esters is 4. The minimum absolute atomic E-state index is 0.0602. The second-order valence-corrected chi connectivity index (χ2v) is 28.8. The van der Waals surface area contributed by atoms with Crippen molar-refractivity contribution in [2.24, 2.45) is 0 Å². The Morgan fingerprint density at radius 2 is 0.529 bits per heavy atom. The largest absolute Gasteiger partial charge is 0.472 e. The van der Waals surface area contributed by atoms with Crippen molar-refractivity contribution in [3.63, 3.8) is 0 Å². The fourth-order valence-corrected chi connectivity index (χ4v) is 11.6. The van der Waals surface area contributed by atoms with Crippen molar-refractivity contribution in [2.75, 3.05) is 39.6 Å². The molecule has 0 saturated carbocycles. The fraction of sp³-hybridized carbons (Fsp3) is 0.687. The van der Waals surface area contributed by atoms with Crippen LogP contribution in [0.15, 0.2) is 134 Å². The second kappa shape index (κ2) is 74.5. The molecular weight excluding hydrogens is 1330 g/mol. The van der Waals surface area contributed by atoms with Gasteiger partial charge in [0, 0.05) is 25.7 Å². The van der Waals surface area contributed by atoms with Gasteiger partial charge in [0.05, 0.1) is 26.4 Å². The first-order valence-electron chi connectivity index (χ1n) is 39.4. The highest BCUT2D eigenvalue weighted by Gasteiger charge is 2.30. The highest BCUT2D eigenvalue weighted by atomic mass is 31.2. The SMILES string of the molecule is CC/C=C\C/C=C\C/C=C\C/C=C\CCCCCCC(=O)OC(COC(=O)CCCCCCCC/C=C\C/C=C\C/C=C\CCCCC)COP(=O)(O)OCC(O)COP(=O)(O)OCC(COC(=O)CCCCCCC/C=C\C/C=C\CCC)OC(=O)CCCCCCC/C=C\C/C=C\CCC. The number of hydrogen-bond donors (Lipinski definition) is 3. The normalized spacial score (nSPS) is 14.6. The maximum absolute atomic E-state index is 13.1. The number of aliphatic hydroxyl groups excluding tert-OH is 1. The van der Waals surface area contributed by atoms with Crippen LogP contribution >= 0.6 is 15.6 Å². The minimum atomic E-state index is -4.99. The highest BCUT2D eigenvalue weighted by molar-refractivity contribution is 7.47. The summed E-state index contributed by atoms with van der Waals surface area (Å²) in [5, 5.41) is 10.6. The molecule has 0 bridgehead atoms. The van der Waals surface area contributed by atoms with Crippen LogP contribution in [0.3, 0.4) is 0 Å². The lowest BCUT2D eigenvalue weighted by Gasteiger charge is -2.21. The van der Waals surface area contributed by atoms with E-state index in [0.29, 0.717) is 25.7 Å². The van der Waals surface area contributed by atoms with Crippen LogP contribution in [0.25, 0.3) is 0 Å². The Morgan fingerprint density at radius 1 is 0.284 bits per heavy atom. The first-order chi connectivity index (χ1) is 49.7. The van der Waals surface area contributed by atoms with E-state index in [9.17, 15) is 43.2 Å². The molecule has 102 heavy (non-hydrogen) atoms. The summed E-state index contributed by atoms with van der Waals surface area (Å²) < 4.78 is 68.5. The van der Waals surface area contributed by atoms with Gasteiger partial charge in [-0.1, -0.05) is 264 Å². The third-order valence-electron chi connectivity index (χ3n) is 16.0. The number of ether oxygens (including phenoxy) is 4. The molecule has 0 heterocycles. The molecule has 0 fully saturated rings. The number of phosphoric ester groups is 2. The van der Waals surface area contributed by atoms with E-state index in [1.165, 1.54) is 19.3 Å². The van der Waals surface area contributed by atoms with Crippen molar-refractivity contribution < 1.29 is 80.2 Å². The number of aliphatic hydroxyl groups is 1. The van der Waals surface area contributed by atoms with Gasteiger partial charge >= 0.3 is 39.5 Å². The first kappa shape index (κ1) is 97.2. The molecule has 3 N–H and O–H groups in total. The van der Waals surface area contributed by atoms with Crippen LogP contribution in [0.2, 0.25) is 0 Å². The number of carbonyl (C=O) groups excluding carboxylic acids is 4. The van der Waals surface area contributed by atoms with Crippen molar-refractivity contribution in [3.05, 3.63) is 134 Å². The van der Waals surface area contributed by atoms with Gasteiger partial charge in [-0.3, -0.25) is 37.3 Å². The molecule has 0 spiro atoms. The zero-order chi connectivity index (χ0) is 74.6. The topological polar surface area (TPSA) is 237 Å². The van der Waals surface area contributed by atoms with Crippen LogP contribution in [0, 0.1) is 0 Å². The molecule has 584 valence electrons. The third kappa shape index (κ3) is 73.5. The summed E-state index contributed by atoms with van der Waals surface area (Å²) in [5.74, 6) is -2.25. The lowest BCUT2D eigenvalue weighted by molar-refractivity contribution is -0.161. The fourth-order valence-electron chi connectivity index (χ4n) is 10.1. The summed E-state index contributed by atoms with van der Waals surface area (Å²) in [6.45, 7) is 4.53. The number of unbranched alkanes of at least 4 members (excludes halogenated alkanes) is 25. The van der Waals surface area contributed by atoms with Crippen molar-refractivity contribution in [1.82, 2.24) is 0 Å². The second-order valence-electron chi connectivity index (χ2n) is 25.9. The molecule has 0 amide bonds. The van der Waals surface area contributed by atoms with Gasteiger partial charge in [-0.15, -0.1) is 0 Å². The number of carbonyl (C=O) groups is 4. The van der Waals surface area contributed by atoms with E-state index >= 15 is 0 Å². The van der Waals surface area contributed by atoms with Gasteiger partial charge in [0.2, 0.25) is 0 Å². The summed E-state index contributed by atoms with van der Waals surface area (Å²) in [5.41, 5.74) is 0. The predicted octanol–water partition coefficient (Wildman–Crippen LogP) is 22.9. The Kier molecular flexibility index (Phi) is 71.0. The van der Waals surface area contributed by atoms with Gasteiger partial charge in [0.15, 0.2) is 12.2 Å². The zero-order valence-corrected chi connectivity index (χ0v) is 65.5. The number of allylic oxidation sites excluding steroid dienone is 22. The third-order valence-corrected chi connectivity index (χ3v) is 17.9. The molecule has 0 aromatic carbocycles. The van der Waals surface area contributed by atoms with Crippen molar-refractivity contribution in [1.29, 1.82) is 0 Å². The summed E-state index contributed by atoms with van der Waals surface area (Å²) in [7, 11) is -9.98. The van der Waals surface area contributed by atoms with Crippen LogP contribution in [-0.4, -0.2) is 96.7 Å². The molecule has 17 nitrogen and oxygen atoms in total. The van der Waals surface area contributed by atoms with E-state index in [2.05, 4.69) is 161 Å². The van der Waals surface area contributed by atoms with Crippen LogP contribution < -0.4 is 0 Å². The lowest BCUT2D eigenvalue weighted by Crippen LogP contribution is -2.30. The molecule has 0 aliphatic heterocycles. The van der Waals surface area contributed by atoms with Gasteiger partial charge in [0.25, 0.3) is 0 Å². The molecule has 0 rings (SSSR count). The van der Waals surface area contributed by atoms with Gasteiger partial charge in [-0.25, -0.2) is 9.13 Å². The molecule has 0 aliphatic carbocycles. The molecule has 0 aromatic heterocycles. The van der Waals surface area contributed by atoms with Crippen molar-refractivity contribution >= 4 is 39.5 Å². The molecule has 5 unspecified atom stereocenters. The smallest absolute Gasteiger partial charge is 0.462 e. The van der Waals surface area contributed by atoms with E-state index in [1.54, 1.807) is 0 Å². The Morgan fingerprint density at radius 3 is 0.824 bits per heavy atom. The van der Waals surface area contributed by atoms with E-state index in [4.69, 9.17) is 37.0 Å². The standard InChI is InChI=1S/C83H140O17P2/c1-5-9-13-17-21-25-29-33-35-37-38-40-41-45-48-52-56-60-64-68-81(86)94-74-79(100-83(88)70-66-62-58-54-50-46-42-39-36-34-30-26-22-18-14-10-6-2)76-98-102(91,92)96-72-77(84)71-95-101(89,90)97-75-78(99-82(87)69-65-61-57-53-49-44-32-28-24-20-16-12-8-4)73-93-80(85)67-63-59-55-51-47-43-31-27-23-19-15-11-7-3/h10,14-16,19-22,25-28,31-36,38,40,42,46,77-79,84H,5-9,11-13,17-18,23-24,29-30,37,39,41,43-45,47-76H2,1-4H3,(H,89,90)(H,91,92)/b14-10-,19-15-,20-16-,25-21-,26-22-,31-27-,32-28-,35-33-,36-34-,40-38-,46-42-. The van der Waals surface area contributed by atoms with Crippen molar-refractivity contribution in [3.8, 4) is 0 Å². The average Bonchev–Trinajstić information content (AvgIpc) is 0.908. The van der Waals surface area contributed by atoms with Crippen molar-refractivity contribution in [2.45, 2.75) is 329 Å². The monoisotopic (exact) mass is 1470 g/mol. The number of rotatable bonds is 73. The maximum atomic E-state index is 13.1. The quantitative estimate of drug-likeness (QED) is 0.0169. The minimum Gasteiger partial charge on any atom is -0.462 e. The van der Waals surface area contributed by atoms with Crippen LogP contribution in [-0.2, 0) is 65.4 Å². The molecule has 19 heteroatoms. The average molecular weight is 1470 g/mol. The molecular formula is C83H140O17P2. The van der Waals surface area contributed by atoms with Gasteiger partial charge < -0.3 is 33.8 Å². The Hall–Kier alpha value is -4.80. The Bertz CT molecular complexity index is 2460. The number of phosphoric acid groups is 2. The molecule has 0 aromatic rings. The number of hydrogen-bond acceptors (Lipinski definition) is 15. The van der Waals surface area contributed by atoms with Crippen LogP contribution in [0.1, 0.15) is 310 Å². The summed E-state index contributed by atoms with van der Waals surface area (Å²) >= 11 is 0. The van der Waals surface area contributed by atoms with E-state index in [0.717, 1.165) is 212 Å². The molecule has 0 radical (unpaired) electrons.